The van der Waals surface area contributed by atoms with Gasteiger partial charge >= 0.3 is 0 Å². The fourth-order valence-corrected chi connectivity index (χ4v) is 3.68. The lowest BCUT2D eigenvalue weighted by Crippen LogP contribution is -2.38. The first kappa shape index (κ1) is 20.4. The van der Waals surface area contributed by atoms with Crippen LogP contribution in [-0.4, -0.2) is 43.7 Å². The fourth-order valence-electron chi connectivity index (χ4n) is 3.68. The minimum atomic E-state index is -0.00158. The predicted molar refractivity (Wildman–Crippen MR) is 112 cm³/mol. The molecule has 0 radical (unpaired) electrons. The van der Waals surface area contributed by atoms with Crippen LogP contribution in [-0.2, 0) is 16.1 Å². The molecule has 2 aromatic rings. The number of anilines is 1. The van der Waals surface area contributed by atoms with Crippen LogP contribution in [0.15, 0.2) is 42.5 Å². The van der Waals surface area contributed by atoms with Gasteiger partial charge in [-0.3, -0.25) is 9.69 Å². The van der Waals surface area contributed by atoms with Crippen LogP contribution in [0.2, 0.25) is 0 Å². The van der Waals surface area contributed by atoms with Crippen LogP contribution in [0.5, 0.6) is 5.75 Å². The first-order valence-corrected chi connectivity index (χ1v) is 9.88. The second-order valence-electron chi connectivity index (χ2n) is 7.47. The predicted octanol–water partition coefficient (Wildman–Crippen LogP) is 3.93. The van der Waals surface area contributed by atoms with Crippen molar-refractivity contribution in [2.45, 2.75) is 39.3 Å². The number of amides is 1. The van der Waals surface area contributed by atoms with Gasteiger partial charge in [-0.15, -0.1) is 0 Å². The lowest BCUT2D eigenvalue weighted by Gasteiger charge is -2.25. The summed E-state index contributed by atoms with van der Waals surface area (Å²) in [6.07, 6.45) is 2.33. The van der Waals surface area contributed by atoms with E-state index < -0.39 is 0 Å². The molecule has 1 saturated heterocycles. The Kier molecular flexibility index (Phi) is 7.06. The Morgan fingerprint density at radius 2 is 1.96 bits per heavy atom. The molecule has 0 saturated carbocycles. The fraction of sp³-hybridized carbons (Fsp3) is 0.435. The number of benzene rings is 2. The van der Waals surface area contributed by atoms with E-state index in [2.05, 4.69) is 16.3 Å². The van der Waals surface area contributed by atoms with Crippen LogP contribution in [0.25, 0.3) is 0 Å². The van der Waals surface area contributed by atoms with Gasteiger partial charge < -0.3 is 14.8 Å². The zero-order valence-corrected chi connectivity index (χ0v) is 17.0. The van der Waals surface area contributed by atoms with Crippen molar-refractivity contribution < 1.29 is 14.3 Å². The maximum atomic E-state index is 12.8. The molecule has 3 rings (SSSR count). The van der Waals surface area contributed by atoms with Gasteiger partial charge in [-0.05, 0) is 55.5 Å². The van der Waals surface area contributed by atoms with E-state index in [0.717, 1.165) is 54.1 Å². The first-order chi connectivity index (χ1) is 13.5. The average molecular weight is 383 g/mol. The Morgan fingerprint density at radius 3 is 2.64 bits per heavy atom. The molecule has 0 spiro atoms. The standard InChI is InChI=1S/C23H30N2O3/c1-17-7-4-8-18(2)23(17)24-22(26)16-25(15-21-11-6-12-28-21)14-19-9-5-10-20(13-19)27-3/h4-5,7-10,13,21H,6,11-12,14-16H2,1-3H3,(H,24,26). The van der Waals surface area contributed by atoms with Gasteiger partial charge in [-0.2, -0.15) is 0 Å². The highest BCUT2D eigenvalue weighted by molar-refractivity contribution is 5.93. The molecule has 150 valence electrons. The van der Waals surface area contributed by atoms with Crippen LogP contribution in [0.3, 0.4) is 0 Å². The number of rotatable bonds is 8. The molecule has 1 unspecified atom stereocenters. The number of aryl methyl sites for hydroxylation is 2. The molecule has 1 atom stereocenters. The molecule has 1 N–H and O–H groups in total. The van der Waals surface area contributed by atoms with E-state index in [4.69, 9.17) is 9.47 Å². The summed E-state index contributed by atoms with van der Waals surface area (Å²) in [6, 6.07) is 14.0. The largest absolute Gasteiger partial charge is 0.497 e. The molecule has 5 nitrogen and oxygen atoms in total. The zero-order chi connectivity index (χ0) is 19.9. The molecule has 1 fully saturated rings. The summed E-state index contributed by atoms with van der Waals surface area (Å²) in [4.78, 5) is 15.0. The van der Waals surface area contributed by atoms with Crippen LogP contribution in [0, 0.1) is 13.8 Å². The maximum absolute atomic E-state index is 12.8. The molecule has 0 aromatic heterocycles. The molecule has 1 heterocycles. The number of para-hydroxylation sites is 1. The van der Waals surface area contributed by atoms with Crippen molar-refractivity contribution in [3.63, 3.8) is 0 Å². The normalized spacial score (nSPS) is 16.4. The number of carbonyl (C=O) groups is 1. The van der Waals surface area contributed by atoms with Crippen LogP contribution in [0.4, 0.5) is 5.69 Å². The van der Waals surface area contributed by atoms with E-state index in [9.17, 15) is 4.79 Å². The third kappa shape index (κ3) is 5.57. The van der Waals surface area contributed by atoms with Gasteiger partial charge in [0.1, 0.15) is 5.75 Å². The highest BCUT2D eigenvalue weighted by atomic mass is 16.5. The third-order valence-corrected chi connectivity index (χ3v) is 5.14. The summed E-state index contributed by atoms with van der Waals surface area (Å²) in [5, 5.41) is 3.10. The van der Waals surface area contributed by atoms with Crippen molar-refractivity contribution >= 4 is 11.6 Å². The minimum Gasteiger partial charge on any atom is -0.497 e. The van der Waals surface area contributed by atoms with E-state index in [1.54, 1.807) is 7.11 Å². The van der Waals surface area contributed by atoms with E-state index >= 15 is 0 Å². The molecule has 28 heavy (non-hydrogen) atoms. The van der Waals surface area contributed by atoms with E-state index in [-0.39, 0.29) is 12.0 Å². The second kappa shape index (κ2) is 9.71. The molecule has 1 amide bonds. The number of nitrogens with one attached hydrogen (secondary N) is 1. The summed E-state index contributed by atoms with van der Waals surface area (Å²) < 4.78 is 11.1. The molecule has 1 aliphatic heterocycles. The Bertz CT molecular complexity index is 780. The number of carbonyl (C=O) groups excluding carboxylic acids is 1. The van der Waals surface area contributed by atoms with E-state index in [0.29, 0.717) is 13.1 Å². The number of hydrogen-bond acceptors (Lipinski definition) is 4. The summed E-state index contributed by atoms with van der Waals surface area (Å²) >= 11 is 0. The Morgan fingerprint density at radius 1 is 1.21 bits per heavy atom. The van der Waals surface area contributed by atoms with Gasteiger partial charge in [-0.1, -0.05) is 30.3 Å². The molecule has 0 aliphatic carbocycles. The summed E-state index contributed by atoms with van der Waals surface area (Å²) in [6.45, 7) is 6.59. The van der Waals surface area contributed by atoms with Crippen LogP contribution in [0.1, 0.15) is 29.5 Å². The molecular formula is C23H30N2O3. The van der Waals surface area contributed by atoms with Gasteiger partial charge in [0.25, 0.3) is 0 Å². The summed E-state index contributed by atoms with van der Waals surface area (Å²) in [5.41, 5.74) is 4.18. The molecular weight excluding hydrogens is 352 g/mol. The highest BCUT2D eigenvalue weighted by Crippen LogP contribution is 2.21. The third-order valence-electron chi connectivity index (χ3n) is 5.14. The number of ether oxygens (including phenoxy) is 2. The van der Waals surface area contributed by atoms with Gasteiger partial charge in [0.2, 0.25) is 5.91 Å². The smallest absolute Gasteiger partial charge is 0.238 e. The topological polar surface area (TPSA) is 50.8 Å². The lowest BCUT2D eigenvalue weighted by atomic mass is 10.1. The zero-order valence-electron chi connectivity index (χ0n) is 17.0. The van der Waals surface area contributed by atoms with Crippen molar-refractivity contribution in [1.82, 2.24) is 4.90 Å². The second-order valence-corrected chi connectivity index (χ2v) is 7.47. The van der Waals surface area contributed by atoms with Crippen LogP contribution < -0.4 is 10.1 Å². The summed E-state index contributed by atoms with van der Waals surface area (Å²) in [7, 11) is 1.67. The highest BCUT2D eigenvalue weighted by Gasteiger charge is 2.21. The SMILES string of the molecule is COc1cccc(CN(CC(=O)Nc2c(C)cccc2C)CC2CCCO2)c1. The van der Waals surface area contributed by atoms with Crippen LogP contribution >= 0.6 is 0 Å². The van der Waals surface area contributed by atoms with Crippen molar-refractivity contribution in [3.8, 4) is 5.75 Å². The minimum absolute atomic E-state index is 0.00158. The number of nitrogens with zero attached hydrogens (tertiary/aromatic N) is 1. The van der Waals surface area contributed by atoms with E-state index in [1.165, 1.54) is 0 Å². The van der Waals surface area contributed by atoms with Gasteiger partial charge in [0, 0.05) is 25.4 Å². The molecule has 0 bridgehead atoms. The number of methoxy groups -OCH3 is 1. The quantitative estimate of drug-likeness (QED) is 0.752. The molecule has 2 aromatic carbocycles. The first-order valence-electron chi connectivity index (χ1n) is 9.88. The van der Waals surface area contributed by atoms with Crippen molar-refractivity contribution in [3.05, 3.63) is 59.2 Å². The monoisotopic (exact) mass is 382 g/mol. The molecule has 1 aliphatic rings. The van der Waals surface area contributed by atoms with Crippen molar-refractivity contribution in [1.29, 1.82) is 0 Å². The Balaban J connectivity index is 1.69. The summed E-state index contributed by atoms with van der Waals surface area (Å²) in [5.74, 6) is 0.827. The Labute approximate surface area is 167 Å². The van der Waals surface area contributed by atoms with Crippen molar-refractivity contribution in [2.24, 2.45) is 0 Å². The maximum Gasteiger partial charge on any atom is 0.238 e. The van der Waals surface area contributed by atoms with E-state index in [1.807, 2.05) is 50.2 Å². The number of hydrogen-bond donors (Lipinski definition) is 1. The van der Waals surface area contributed by atoms with Crippen molar-refractivity contribution in [2.75, 3.05) is 32.1 Å². The average Bonchev–Trinajstić information content (AvgIpc) is 3.18. The van der Waals surface area contributed by atoms with Gasteiger partial charge in [-0.25, -0.2) is 0 Å². The lowest BCUT2D eigenvalue weighted by molar-refractivity contribution is -0.117. The Hall–Kier alpha value is -2.37. The molecule has 5 heteroatoms. The van der Waals surface area contributed by atoms with Gasteiger partial charge in [0.15, 0.2) is 0 Å². The van der Waals surface area contributed by atoms with Gasteiger partial charge in [0.05, 0.1) is 19.8 Å².